The molecule has 0 spiro atoms. The van der Waals surface area contributed by atoms with E-state index in [4.69, 9.17) is 10.3 Å². The number of fused-ring (bicyclic) bond motifs is 1. The fraction of sp³-hybridized carbons (Fsp3) is 0. The fourth-order valence-electron chi connectivity index (χ4n) is 1.65. The predicted molar refractivity (Wildman–Crippen MR) is 77.0 cm³/mol. The van der Waals surface area contributed by atoms with E-state index < -0.39 is 30.0 Å². The van der Waals surface area contributed by atoms with Gasteiger partial charge in [-0.2, -0.15) is 8.42 Å². The van der Waals surface area contributed by atoms with Gasteiger partial charge >= 0.3 is 29.6 Å². The molecule has 0 amide bonds. The van der Waals surface area contributed by atoms with Gasteiger partial charge in [-0.05, 0) is 35.0 Å². The summed E-state index contributed by atoms with van der Waals surface area (Å²) in [5, 5.41) is 0.607. The summed E-state index contributed by atoms with van der Waals surface area (Å²) in [4.78, 5) is -1.04. The number of hydrogen-bond acceptors (Lipinski definition) is 6. The van der Waals surface area contributed by atoms with Gasteiger partial charge in [0.25, 0.3) is 10.1 Å². The van der Waals surface area contributed by atoms with Gasteiger partial charge in [0.2, 0.25) is 0 Å². The monoisotopic (exact) mass is 379 g/mol. The Morgan fingerprint density at radius 2 is 1.43 bits per heavy atom. The summed E-state index contributed by atoms with van der Waals surface area (Å²) in [5.74, 6) is 0. The third-order valence-corrected chi connectivity index (χ3v) is 4.25. The van der Waals surface area contributed by atoms with E-state index in [9.17, 15) is 21.4 Å². The van der Waals surface area contributed by atoms with Crippen molar-refractivity contribution < 1.29 is 71.9 Å². The Labute approximate surface area is 154 Å². The van der Waals surface area contributed by atoms with Crippen LogP contribution in [0.5, 0.6) is 0 Å². The molecule has 0 aliphatic heterocycles. The molecule has 0 heterocycles. The van der Waals surface area contributed by atoms with Gasteiger partial charge in [0.15, 0.2) is 0 Å². The molecule has 2 aromatic carbocycles. The number of hydrogen-bond donors (Lipinski definition) is 2. The summed E-state index contributed by atoms with van der Waals surface area (Å²) in [6.07, 6.45) is 0. The van der Waals surface area contributed by atoms with Crippen LogP contribution in [0, 0.1) is 0 Å². The van der Waals surface area contributed by atoms with Crippen LogP contribution in [0.25, 0.3) is 10.8 Å². The SMILES string of the molecule is Nc1cc2ccc(S(=O)(=O)[O-])cc2cc1S(=O)(=O)O.O.O.O.[Na+]. The van der Waals surface area contributed by atoms with E-state index in [1.807, 2.05) is 0 Å². The second-order valence-corrected chi connectivity index (χ2v) is 6.60. The molecule has 10 nitrogen and oxygen atoms in total. The van der Waals surface area contributed by atoms with Crippen molar-refractivity contribution in [1.29, 1.82) is 0 Å². The predicted octanol–water partition coefficient (Wildman–Crippen LogP) is -4.90. The molecule has 0 saturated heterocycles. The van der Waals surface area contributed by atoms with Crippen molar-refractivity contribution in [1.82, 2.24) is 0 Å². The van der Waals surface area contributed by atoms with Crippen molar-refractivity contribution in [2.24, 2.45) is 0 Å². The Morgan fingerprint density at radius 1 is 0.913 bits per heavy atom. The van der Waals surface area contributed by atoms with E-state index in [0.29, 0.717) is 5.39 Å². The van der Waals surface area contributed by atoms with Gasteiger partial charge in [-0.3, -0.25) is 4.55 Å². The summed E-state index contributed by atoms with van der Waals surface area (Å²) in [5.41, 5.74) is 5.30. The van der Waals surface area contributed by atoms with Crippen molar-refractivity contribution in [2.45, 2.75) is 9.79 Å². The Morgan fingerprint density at radius 3 is 1.87 bits per heavy atom. The van der Waals surface area contributed by atoms with E-state index in [1.165, 1.54) is 12.1 Å². The first-order valence-corrected chi connectivity index (χ1v) is 7.70. The Kier molecular flexibility index (Phi) is 10.5. The molecule has 0 saturated carbocycles. The molecule has 13 heteroatoms. The largest absolute Gasteiger partial charge is 1.00 e. The maximum Gasteiger partial charge on any atom is 1.00 e. The normalized spacial score (nSPS) is 10.5. The zero-order valence-corrected chi connectivity index (χ0v) is 15.4. The second-order valence-electron chi connectivity index (χ2n) is 3.83. The molecule has 0 radical (unpaired) electrons. The first-order valence-electron chi connectivity index (χ1n) is 4.86. The maximum absolute atomic E-state index is 11.1. The van der Waals surface area contributed by atoms with Crippen LogP contribution >= 0.6 is 0 Å². The molecule has 0 unspecified atom stereocenters. The van der Waals surface area contributed by atoms with Crippen LogP contribution in [0.15, 0.2) is 40.1 Å². The van der Waals surface area contributed by atoms with Crippen LogP contribution in [-0.2, 0) is 20.2 Å². The average Bonchev–Trinajstić information content (AvgIpc) is 2.24. The Hall–Kier alpha value is -0.800. The summed E-state index contributed by atoms with van der Waals surface area (Å²) in [6.45, 7) is 0. The Balaban J connectivity index is -0.000001000. The molecule has 126 valence electrons. The quantitative estimate of drug-likeness (QED) is 0.293. The topological polar surface area (TPSA) is 232 Å². The van der Waals surface area contributed by atoms with Crippen molar-refractivity contribution in [3.63, 3.8) is 0 Å². The van der Waals surface area contributed by atoms with E-state index in [2.05, 4.69) is 0 Å². The summed E-state index contributed by atoms with van der Waals surface area (Å²) < 4.78 is 63.8. The van der Waals surface area contributed by atoms with E-state index in [1.54, 1.807) is 0 Å². The van der Waals surface area contributed by atoms with Gasteiger partial charge in [-0.25, -0.2) is 8.42 Å². The molecule has 23 heavy (non-hydrogen) atoms. The van der Waals surface area contributed by atoms with Gasteiger partial charge < -0.3 is 26.7 Å². The minimum Gasteiger partial charge on any atom is -0.744 e. The minimum absolute atomic E-state index is 0. The number of anilines is 1. The molecule has 0 aliphatic carbocycles. The third-order valence-electron chi connectivity index (χ3n) is 2.51. The zero-order chi connectivity index (χ0) is 14.4. The van der Waals surface area contributed by atoms with Crippen LogP contribution < -0.4 is 35.3 Å². The minimum atomic E-state index is -4.65. The second kappa shape index (κ2) is 8.89. The molecule has 2 aromatic rings. The third kappa shape index (κ3) is 5.96. The number of benzene rings is 2. The van der Waals surface area contributed by atoms with Crippen molar-refractivity contribution in [3.05, 3.63) is 30.3 Å². The van der Waals surface area contributed by atoms with Crippen molar-refractivity contribution in [3.8, 4) is 0 Å². The average molecular weight is 379 g/mol. The molecular formula is C10H14NNaO9S2. The smallest absolute Gasteiger partial charge is 0.744 e. The molecule has 0 aliphatic rings. The number of rotatable bonds is 2. The first kappa shape index (κ1) is 27.1. The van der Waals surface area contributed by atoms with Crippen LogP contribution in [-0.4, -0.2) is 42.4 Å². The van der Waals surface area contributed by atoms with Gasteiger partial charge in [-0.15, -0.1) is 0 Å². The van der Waals surface area contributed by atoms with Gasteiger partial charge in [0, 0.05) is 0 Å². The molecule has 0 aromatic heterocycles. The Bertz CT molecular complexity index is 881. The standard InChI is InChI=1S/C10H9NO6S2.Na.3H2O/c11-9-4-6-1-2-8(18(12,13)14)3-7(6)5-10(9)19(15,16)17;;;;/h1-5H,11H2,(H,12,13,14)(H,15,16,17);;3*1H2/q;+1;;;/p-1. The molecule has 9 N–H and O–H groups in total. The molecule has 0 fully saturated rings. The van der Waals surface area contributed by atoms with Gasteiger partial charge in [0.1, 0.15) is 15.0 Å². The van der Waals surface area contributed by atoms with Crippen LogP contribution in [0.2, 0.25) is 0 Å². The van der Waals surface area contributed by atoms with E-state index in [0.717, 1.165) is 18.2 Å². The first-order chi connectivity index (χ1) is 8.59. The van der Waals surface area contributed by atoms with Gasteiger partial charge in [0.05, 0.1) is 10.6 Å². The van der Waals surface area contributed by atoms with E-state index >= 15 is 0 Å². The van der Waals surface area contributed by atoms with Crippen LogP contribution in [0.4, 0.5) is 5.69 Å². The molecule has 2 rings (SSSR count). The van der Waals surface area contributed by atoms with Gasteiger partial charge in [-0.1, -0.05) is 6.07 Å². The van der Waals surface area contributed by atoms with Crippen LogP contribution in [0.1, 0.15) is 0 Å². The van der Waals surface area contributed by atoms with E-state index in [-0.39, 0.29) is 57.1 Å². The number of nitrogens with two attached hydrogens (primary N) is 1. The fourth-order valence-corrected chi connectivity index (χ4v) is 2.79. The van der Waals surface area contributed by atoms with Crippen LogP contribution in [0.3, 0.4) is 0 Å². The van der Waals surface area contributed by atoms with Crippen molar-refractivity contribution in [2.75, 3.05) is 5.73 Å². The molecular weight excluding hydrogens is 365 g/mol. The summed E-state index contributed by atoms with van der Waals surface area (Å²) in [6, 6.07) is 5.71. The zero-order valence-electron chi connectivity index (χ0n) is 11.8. The maximum atomic E-state index is 11.1. The molecule has 0 atom stereocenters. The molecule has 0 bridgehead atoms. The summed E-state index contributed by atoms with van der Waals surface area (Å²) >= 11 is 0. The number of nitrogen functional groups attached to an aromatic ring is 1. The summed E-state index contributed by atoms with van der Waals surface area (Å²) in [7, 11) is -9.17. The van der Waals surface area contributed by atoms with Crippen molar-refractivity contribution >= 4 is 36.7 Å².